The van der Waals surface area contributed by atoms with E-state index in [0.29, 0.717) is 41.0 Å². The van der Waals surface area contributed by atoms with Gasteiger partial charge in [-0.15, -0.1) is 22.7 Å². The molecule has 1 aliphatic heterocycles. The van der Waals surface area contributed by atoms with Crippen LogP contribution >= 0.6 is 34.3 Å². The summed E-state index contributed by atoms with van der Waals surface area (Å²) in [6.45, 7) is 2.21. The maximum Gasteiger partial charge on any atom is 0.277 e. The van der Waals surface area contributed by atoms with Crippen LogP contribution in [0.5, 0.6) is 0 Å². The van der Waals surface area contributed by atoms with Crippen molar-refractivity contribution in [1.82, 2.24) is 24.8 Å². The summed E-state index contributed by atoms with van der Waals surface area (Å²) in [7, 11) is 0. The van der Waals surface area contributed by atoms with Crippen molar-refractivity contribution in [2.24, 2.45) is 0 Å². The largest absolute Gasteiger partial charge is 0.384 e. The van der Waals surface area contributed by atoms with E-state index >= 15 is 0 Å². The van der Waals surface area contributed by atoms with Crippen LogP contribution < -0.4 is 21.9 Å². The number of anilines is 2. The quantitative estimate of drug-likeness (QED) is 0.264. The molecule has 5 heterocycles. The molecule has 9 nitrogen and oxygen atoms in total. The molecule has 0 radical (unpaired) electrons. The zero-order valence-electron chi connectivity index (χ0n) is 20.9. The molecule has 1 atom stereocenters. The van der Waals surface area contributed by atoms with Crippen LogP contribution in [0.25, 0.3) is 20.8 Å². The summed E-state index contributed by atoms with van der Waals surface area (Å²) in [6, 6.07) is 11.4. The third kappa shape index (κ3) is 5.00. The summed E-state index contributed by atoms with van der Waals surface area (Å²) in [6.07, 6.45) is 4.74. The number of amides is 1. The van der Waals surface area contributed by atoms with Crippen molar-refractivity contribution in [3.63, 3.8) is 0 Å². The molecule has 4 N–H and O–H groups in total. The van der Waals surface area contributed by atoms with E-state index in [-0.39, 0.29) is 18.0 Å². The van der Waals surface area contributed by atoms with Gasteiger partial charge in [0.15, 0.2) is 5.82 Å². The van der Waals surface area contributed by atoms with Gasteiger partial charge in [0.1, 0.15) is 18.1 Å². The van der Waals surface area contributed by atoms with Gasteiger partial charge in [0.2, 0.25) is 5.91 Å². The summed E-state index contributed by atoms with van der Waals surface area (Å²) in [4.78, 5) is 41.8. The topological polar surface area (TPSA) is 128 Å². The van der Waals surface area contributed by atoms with Crippen molar-refractivity contribution in [3.05, 3.63) is 85.8 Å². The predicted molar refractivity (Wildman–Crippen MR) is 156 cm³/mol. The van der Waals surface area contributed by atoms with Gasteiger partial charge in [-0.2, -0.15) is 0 Å². The van der Waals surface area contributed by atoms with Gasteiger partial charge >= 0.3 is 0 Å². The van der Waals surface area contributed by atoms with Crippen LogP contribution in [0, 0.1) is 0 Å². The lowest BCUT2D eigenvalue weighted by Gasteiger charge is -2.37. The molecule has 1 aliphatic rings. The number of carbonyl (C=O) groups is 1. The minimum absolute atomic E-state index is 0.176. The van der Waals surface area contributed by atoms with Crippen molar-refractivity contribution < 1.29 is 4.79 Å². The number of carbonyl (C=O) groups excluding carboxylic acids is 1. The fourth-order valence-corrected chi connectivity index (χ4v) is 6.55. The summed E-state index contributed by atoms with van der Waals surface area (Å²) >= 11 is 9.01. The highest BCUT2D eigenvalue weighted by Crippen LogP contribution is 2.36. The lowest BCUT2D eigenvalue weighted by atomic mass is 9.83. The Morgan fingerprint density at radius 1 is 1.26 bits per heavy atom. The van der Waals surface area contributed by atoms with E-state index in [1.807, 2.05) is 36.4 Å². The van der Waals surface area contributed by atoms with Crippen LogP contribution in [0.15, 0.2) is 59.1 Å². The predicted octanol–water partition coefficient (Wildman–Crippen LogP) is 4.80. The lowest BCUT2D eigenvalue weighted by molar-refractivity contribution is -0.121. The second kappa shape index (κ2) is 10.1. The molecular weight excluding hydrogens is 554 g/mol. The number of nitrogens with one attached hydrogen (secondary N) is 2. The Morgan fingerprint density at radius 2 is 2.08 bits per heavy atom. The highest BCUT2D eigenvalue weighted by molar-refractivity contribution is 7.19. The number of nitrogen functional groups attached to an aromatic ring is 1. The zero-order chi connectivity index (χ0) is 27.1. The van der Waals surface area contributed by atoms with Crippen LogP contribution in [-0.2, 0) is 29.8 Å². The van der Waals surface area contributed by atoms with Gasteiger partial charge in [0.05, 0.1) is 28.2 Å². The number of nitrogens with two attached hydrogens (primary N) is 1. The number of fused-ring (bicyclic) bond motifs is 2. The third-order valence-electron chi connectivity index (χ3n) is 6.88. The van der Waals surface area contributed by atoms with Gasteiger partial charge in [-0.25, -0.2) is 9.97 Å². The minimum atomic E-state index is -0.482. The Labute approximate surface area is 236 Å². The van der Waals surface area contributed by atoms with Gasteiger partial charge in [-0.3, -0.25) is 19.1 Å². The highest BCUT2D eigenvalue weighted by Gasteiger charge is 2.34. The number of nitrogens with zero attached hydrogens (tertiary/aromatic N) is 4. The summed E-state index contributed by atoms with van der Waals surface area (Å²) in [5, 5.41) is 8.00. The second-order valence-corrected chi connectivity index (χ2v) is 12.1. The minimum Gasteiger partial charge on any atom is -0.384 e. The molecule has 0 saturated heterocycles. The molecule has 198 valence electrons. The Balaban J connectivity index is 1.29. The smallest absolute Gasteiger partial charge is 0.277 e. The van der Waals surface area contributed by atoms with Gasteiger partial charge in [-0.05, 0) is 49.6 Å². The number of thiazole rings is 1. The van der Waals surface area contributed by atoms with Crippen molar-refractivity contribution in [3.8, 4) is 10.7 Å². The number of aromatic nitrogens is 4. The van der Waals surface area contributed by atoms with E-state index < -0.39 is 5.54 Å². The SMILES string of the molecule is C[C@@]1(c2ccc(Cl)cc2)CCc2nc(-c3cncs3)n(CC(=O)NCc3cc4cnc(N)cc4s3)c(=O)c2N1. The number of halogens is 1. The molecule has 39 heavy (non-hydrogen) atoms. The average molecular weight is 578 g/mol. The first-order chi connectivity index (χ1) is 18.8. The summed E-state index contributed by atoms with van der Waals surface area (Å²) in [5.74, 6) is 0.600. The number of hydrogen-bond acceptors (Lipinski definition) is 9. The number of aryl methyl sites for hydroxylation is 1. The fourth-order valence-electron chi connectivity index (χ4n) is 4.78. The second-order valence-electron chi connectivity index (χ2n) is 9.61. The number of thiophene rings is 1. The molecule has 4 aromatic heterocycles. The summed E-state index contributed by atoms with van der Waals surface area (Å²) in [5.41, 5.74) is 8.82. The molecular formula is C27H24ClN7O2S2. The molecule has 12 heteroatoms. The Hall–Kier alpha value is -3.80. The summed E-state index contributed by atoms with van der Waals surface area (Å²) < 4.78 is 2.43. The maximum absolute atomic E-state index is 13.9. The van der Waals surface area contributed by atoms with Crippen molar-refractivity contribution in [1.29, 1.82) is 0 Å². The molecule has 0 spiro atoms. The van der Waals surface area contributed by atoms with E-state index in [1.165, 1.54) is 15.9 Å². The molecule has 5 aromatic rings. The first-order valence-corrected chi connectivity index (χ1v) is 14.3. The van der Waals surface area contributed by atoms with Crippen molar-refractivity contribution in [2.45, 2.75) is 38.4 Å². The molecule has 1 amide bonds. The highest BCUT2D eigenvalue weighted by atomic mass is 35.5. The van der Waals surface area contributed by atoms with Crippen molar-refractivity contribution in [2.75, 3.05) is 11.1 Å². The van der Waals surface area contributed by atoms with Gasteiger partial charge in [0.25, 0.3) is 5.56 Å². The molecule has 1 aromatic carbocycles. The standard InChI is InChI=1S/C27H24ClN7O2S2/c1-27(16-2-4-17(28)5-3-16)7-6-19-24(34-27)26(37)35(25(33-19)21-12-30-14-38-21)13-23(36)32-11-18-8-15-10-31-22(29)9-20(15)39-18/h2-5,8-10,12,14,34H,6-7,11,13H2,1H3,(H2,29,31)(H,32,36)/t27-/m0/s1. The normalized spacial score (nSPS) is 16.6. The van der Waals surface area contributed by atoms with Gasteiger partial charge in [-0.1, -0.05) is 23.7 Å². The van der Waals surface area contributed by atoms with Crippen LogP contribution in [0.2, 0.25) is 5.02 Å². The van der Waals surface area contributed by atoms with Crippen LogP contribution in [0.3, 0.4) is 0 Å². The van der Waals surface area contributed by atoms with Gasteiger partial charge < -0.3 is 16.4 Å². The van der Waals surface area contributed by atoms with Crippen molar-refractivity contribution >= 4 is 61.8 Å². The molecule has 0 fully saturated rings. The number of pyridine rings is 1. The molecule has 0 aliphatic carbocycles. The van der Waals surface area contributed by atoms with Gasteiger partial charge in [0, 0.05) is 32.4 Å². The molecule has 0 saturated carbocycles. The van der Waals surface area contributed by atoms with E-state index in [9.17, 15) is 9.59 Å². The fraction of sp³-hybridized carbons (Fsp3) is 0.222. The zero-order valence-corrected chi connectivity index (χ0v) is 23.3. The molecule has 0 bridgehead atoms. The van der Waals surface area contributed by atoms with E-state index in [0.717, 1.165) is 31.8 Å². The third-order valence-corrected chi connectivity index (χ3v) is 8.99. The van der Waals surface area contributed by atoms with E-state index in [4.69, 9.17) is 22.3 Å². The first-order valence-electron chi connectivity index (χ1n) is 12.3. The van der Waals surface area contributed by atoms with Crippen LogP contribution in [0.4, 0.5) is 11.5 Å². The number of hydrogen-bond donors (Lipinski definition) is 3. The van der Waals surface area contributed by atoms with Crippen LogP contribution in [0.1, 0.15) is 29.5 Å². The maximum atomic E-state index is 13.9. The average Bonchev–Trinajstić information content (AvgIpc) is 3.59. The number of benzene rings is 1. The van der Waals surface area contributed by atoms with Crippen LogP contribution in [-0.4, -0.2) is 25.4 Å². The van der Waals surface area contributed by atoms with E-state index in [1.54, 1.807) is 29.2 Å². The first kappa shape index (κ1) is 25.5. The molecule has 6 rings (SSSR count). The Morgan fingerprint density at radius 3 is 2.85 bits per heavy atom. The monoisotopic (exact) mass is 577 g/mol. The molecule has 0 unspecified atom stereocenters. The number of rotatable bonds is 6. The lowest BCUT2D eigenvalue weighted by Crippen LogP contribution is -2.42. The Kier molecular flexibility index (Phi) is 6.57. The van der Waals surface area contributed by atoms with E-state index in [2.05, 4.69) is 27.5 Å². The Bertz CT molecular complexity index is 1750.